The summed E-state index contributed by atoms with van der Waals surface area (Å²) in [6, 6.07) is 13.0. The molecule has 7 heteroatoms. The number of fused-ring (bicyclic) bond motifs is 1. The number of aryl methyl sites for hydroxylation is 1. The molecular formula is C19H19NO5S. The molecule has 1 N–H and O–H groups in total. The highest BCUT2D eigenvalue weighted by atomic mass is 32.2. The third-order valence-electron chi connectivity index (χ3n) is 4.02. The van der Waals surface area contributed by atoms with Crippen LogP contribution < -0.4 is 15.1 Å². The first-order chi connectivity index (χ1) is 12.4. The van der Waals surface area contributed by atoms with Gasteiger partial charge in [0, 0.05) is 18.0 Å². The summed E-state index contributed by atoms with van der Waals surface area (Å²) in [6.45, 7) is 2.21. The summed E-state index contributed by atoms with van der Waals surface area (Å²) in [5.41, 5.74) is 1.90. The lowest BCUT2D eigenvalue weighted by molar-refractivity contribution is 0.409. The molecule has 0 atom stereocenters. The van der Waals surface area contributed by atoms with Crippen LogP contribution in [-0.2, 0) is 16.4 Å². The number of hydrogen-bond acceptors (Lipinski definition) is 5. The molecule has 1 aromatic heterocycles. The van der Waals surface area contributed by atoms with Gasteiger partial charge in [-0.25, -0.2) is 17.9 Å². The Morgan fingerprint density at radius 3 is 2.65 bits per heavy atom. The second kappa shape index (κ2) is 7.31. The maximum atomic E-state index is 12.5. The van der Waals surface area contributed by atoms with E-state index in [0.29, 0.717) is 17.4 Å². The van der Waals surface area contributed by atoms with Crippen molar-refractivity contribution in [3.05, 3.63) is 70.1 Å². The molecule has 0 saturated heterocycles. The van der Waals surface area contributed by atoms with Crippen LogP contribution in [0.4, 0.5) is 0 Å². The first-order valence-corrected chi connectivity index (χ1v) is 9.54. The molecule has 136 valence electrons. The van der Waals surface area contributed by atoms with Crippen molar-refractivity contribution in [1.29, 1.82) is 0 Å². The van der Waals surface area contributed by atoms with Crippen molar-refractivity contribution >= 4 is 21.0 Å². The fraction of sp³-hybridized carbons (Fsp3) is 0.211. The van der Waals surface area contributed by atoms with Crippen molar-refractivity contribution in [3.8, 4) is 5.75 Å². The fourth-order valence-corrected chi connectivity index (χ4v) is 3.79. The van der Waals surface area contributed by atoms with Gasteiger partial charge in [0.05, 0.1) is 12.0 Å². The maximum Gasteiger partial charge on any atom is 0.336 e. The summed E-state index contributed by atoms with van der Waals surface area (Å²) in [4.78, 5) is 11.3. The van der Waals surface area contributed by atoms with Gasteiger partial charge in [-0.05, 0) is 49.2 Å². The maximum absolute atomic E-state index is 12.5. The summed E-state index contributed by atoms with van der Waals surface area (Å²) in [5, 5.41) is 0.549. The normalized spacial score (nSPS) is 11.6. The van der Waals surface area contributed by atoms with Crippen LogP contribution >= 0.6 is 0 Å². The van der Waals surface area contributed by atoms with Gasteiger partial charge in [0.2, 0.25) is 10.0 Å². The molecule has 0 radical (unpaired) electrons. The summed E-state index contributed by atoms with van der Waals surface area (Å²) in [5.74, 6) is 0.732. The molecule has 2 aromatic carbocycles. The van der Waals surface area contributed by atoms with Gasteiger partial charge < -0.3 is 9.15 Å². The molecule has 3 aromatic rings. The summed E-state index contributed by atoms with van der Waals surface area (Å²) < 4.78 is 38.0. The topological polar surface area (TPSA) is 85.6 Å². The van der Waals surface area contributed by atoms with Gasteiger partial charge in [0.1, 0.15) is 11.3 Å². The molecule has 0 aliphatic rings. The van der Waals surface area contributed by atoms with E-state index in [-0.39, 0.29) is 11.4 Å². The predicted octanol–water partition coefficient (Wildman–Crippen LogP) is 2.63. The van der Waals surface area contributed by atoms with E-state index in [4.69, 9.17) is 9.15 Å². The molecule has 0 aliphatic heterocycles. The summed E-state index contributed by atoms with van der Waals surface area (Å²) in [7, 11) is -2.08. The van der Waals surface area contributed by atoms with E-state index in [1.807, 2.05) is 25.1 Å². The minimum atomic E-state index is -3.67. The highest BCUT2D eigenvalue weighted by Gasteiger charge is 2.15. The Labute approximate surface area is 151 Å². The van der Waals surface area contributed by atoms with Gasteiger partial charge in [0.25, 0.3) is 0 Å². The number of methoxy groups -OCH3 is 1. The molecule has 0 spiro atoms. The lowest BCUT2D eigenvalue weighted by Gasteiger charge is -2.11. The number of rotatable bonds is 6. The van der Waals surface area contributed by atoms with Crippen molar-refractivity contribution in [3.63, 3.8) is 0 Å². The van der Waals surface area contributed by atoms with E-state index in [1.54, 1.807) is 7.11 Å². The number of ether oxygens (including phenoxy) is 1. The Morgan fingerprint density at radius 2 is 1.88 bits per heavy atom. The molecular weight excluding hydrogens is 354 g/mol. The second-order valence-corrected chi connectivity index (χ2v) is 7.68. The van der Waals surface area contributed by atoms with Gasteiger partial charge >= 0.3 is 5.63 Å². The monoisotopic (exact) mass is 373 g/mol. The first kappa shape index (κ1) is 18.2. The lowest BCUT2D eigenvalue weighted by atomic mass is 10.1. The van der Waals surface area contributed by atoms with E-state index < -0.39 is 15.6 Å². The zero-order valence-electron chi connectivity index (χ0n) is 14.5. The average Bonchev–Trinajstić information content (AvgIpc) is 2.61. The third-order valence-corrected chi connectivity index (χ3v) is 5.48. The molecule has 0 aliphatic carbocycles. The molecule has 26 heavy (non-hydrogen) atoms. The third kappa shape index (κ3) is 3.95. The number of nitrogens with one attached hydrogen (secondary N) is 1. The van der Waals surface area contributed by atoms with Crippen LogP contribution in [0.15, 0.2) is 62.6 Å². The van der Waals surface area contributed by atoms with Crippen LogP contribution in [0, 0.1) is 6.92 Å². The molecule has 0 unspecified atom stereocenters. The number of hydrogen-bond donors (Lipinski definition) is 1. The Kier molecular flexibility index (Phi) is 5.11. The predicted molar refractivity (Wildman–Crippen MR) is 99.1 cm³/mol. The number of benzene rings is 2. The minimum Gasteiger partial charge on any atom is -0.496 e. The lowest BCUT2D eigenvalue weighted by Crippen LogP contribution is -2.26. The van der Waals surface area contributed by atoms with Gasteiger partial charge in [-0.1, -0.05) is 17.7 Å². The molecule has 6 nitrogen and oxygen atoms in total. The van der Waals surface area contributed by atoms with Crippen molar-refractivity contribution in [2.75, 3.05) is 13.7 Å². The van der Waals surface area contributed by atoms with Gasteiger partial charge in [-0.3, -0.25) is 0 Å². The smallest absolute Gasteiger partial charge is 0.336 e. The molecule has 3 rings (SSSR count). The SMILES string of the molecule is COc1ccc(C)cc1CCNS(=O)(=O)c1ccc2oc(=O)ccc2c1. The van der Waals surface area contributed by atoms with Crippen LogP contribution in [0.25, 0.3) is 11.0 Å². The van der Waals surface area contributed by atoms with Crippen LogP contribution in [0.1, 0.15) is 11.1 Å². The minimum absolute atomic E-state index is 0.120. The molecule has 1 heterocycles. The average molecular weight is 373 g/mol. The van der Waals surface area contributed by atoms with Crippen LogP contribution in [0.5, 0.6) is 5.75 Å². The zero-order valence-corrected chi connectivity index (χ0v) is 15.3. The second-order valence-electron chi connectivity index (χ2n) is 5.92. The largest absolute Gasteiger partial charge is 0.496 e. The van der Waals surface area contributed by atoms with Crippen molar-refractivity contribution in [2.24, 2.45) is 0 Å². The Bertz CT molecular complexity index is 1100. The van der Waals surface area contributed by atoms with Crippen molar-refractivity contribution in [1.82, 2.24) is 4.72 Å². The standard InChI is InChI=1S/C19H19NO5S/c1-13-3-6-17(24-2)15(11-13)9-10-20-26(22,23)16-5-7-18-14(12-16)4-8-19(21)25-18/h3-8,11-12,20H,9-10H2,1-2H3. The van der Waals surface area contributed by atoms with Gasteiger partial charge in [0.15, 0.2) is 0 Å². The Hall–Kier alpha value is -2.64. The molecule has 0 bridgehead atoms. The number of sulfonamides is 1. The summed E-state index contributed by atoms with van der Waals surface area (Å²) >= 11 is 0. The van der Waals surface area contributed by atoms with Gasteiger partial charge in [-0.2, -0.15) is 0 Å². The Morgan fingerprint density at radius 1 is 1.08 bits per heavy atom. The van der Waals surface area contributed by atoms with Crippen LogP contribution in [-0.4, -0.2) is 22.1 Å². The van der Waals surface area contributed by atoms with Crippen molar-refractivity contribution in [2.45, 2.75) is 18.2 Å². The highest BCUT2D eigenvalue weighted by Crippen LogP contribution is 2.21. The van der Waals surface area contributed by atoms with Crippen LogP contribution in [0.2, 0.25) is 0 Å². The quantitative estimate of drug-likeness (QED) is 0.672. The molecule has 0 saturated carbocycles. The fourth-order valence-electron chi connectivity index (χ4n) is 2.72. The van der Waals surface area contributed by atoms with E-state index in [9.17, 15) is 13.2 Å². The summed E-state index contributed by atoms with van der Waals surface area (Å²) in [6.07, 6.45) is 0.506. The van der Waals surface area contributed by atoms with Gasteiger partial charge in [-0.15, -0.1) is 0 Å². The zero-order chi connectivity index (χ0) is 18.7. The Balaban J connectivity index is 1.76. The van der Waals surface area contributed by atoms with E-state index >= 15 is 0 Å². The molecule has 0 amide bonds. The first-order valence-electron chi connectivity index (χ1n) is 8.06. The van der Waals surface area contributed by atoms with Crippen molar-refractivity contribution < 1.29 is 17.6 Å². The van der Waals surface area contributed by atoms with E-state index in [2.05, 4.69) is 4.72 Å². The molecule has 0 fully saturated rings. The highest BCUT2D eigenvalue weighted by molar-refractivity contribution is 7.89. The van der Waals surface area contributed by atoms with E-state index in [0.717, 1.165) is 16.9 Å². The van der Waals surface area contributed by atoms with Crippen LogP contribution in [0.3, 0.4) is 0 Å². The van der Waals surface area contributed by atoms with E-state index in [1.165, 1.54) is 30.3 Å².